The zero-order chi connectivity index (χ0) is 22.6. The Morgan fingerprint density at radius 2 is 1.91 bits per heavy atom. The summed E-state index contributed by atoms with van der Waals surface area (Å²) in [6, 6.07) is 12.1. The molecule has 2 saturated heterocycles. The zero-order valence-electron chi connectivity index (χ0n) is 18.9. The first-order valence-corrected chi connectivity index (χ1v) is 12.3. The molecule has 1 unspecified atom stereocenters. The van der Waals surface area contributed by atoms with Crippen LogP contribution < -0.4 is 4.74 Å². The summed E-state index contributed by atoms with van der Waals surface area (Å²) < 4.78 is 10.7. The molecule has 1 aromatic carbocycles. The van der Waals surface area contributed by atoms with Crippen LogP contribution >= 0.6 is 11.3 Å². The smallest absolute Gasteiger partial charge is 0.241 e. The molecule has 1 atom stereocenters. The van der Waals surface area contributed by atoms with Gasteiger partial charge in [-0.1, -0.05) is 11.2 Å². The third-order valence-corrected chi connectivity index (χ3v) is 7.42. The molecule has 0 aliphatic carbocycles. The van der Waals surface area contributed by atoms with Crippen LogP contribution in [0.3, 0.4) is 0 Å². The van der Waals surface area contributed by atoms with Crippen LogP contribution in [0.5, 0.6) is 5.75 Å². The van der Waals surface area contributed by atoms with Crippen LogP contribution in [0.1, 0.15) is 29.7 Å². The lowest BCUT2D eigenvalue weighted by Gasteiger charge is -2.35. The van der Waals surface area contributed by atoms with Crippen LogP contribution in [0, 0.1) is 0 Å². The number of methoxy groups -OCH3 is 1. The quantitative estimate of drug-likeness (QED) is 0.528. The highest BCUT2D eigenvalue weighted by atomic mass is 32.1. The Morgan fingerprint density at radius 1 is 1.12 bits per heavy atom. The van der Waals surface area contributed by atoms with Crippen LogP contribution in [0.25, 0.3) is 11.4 Å². The van der Waals surface area contributed by atoms with Gasteiger partial charge in [-0.2, -0.15) is 4.98 Å². The Kier molecular flexibility index (Phi) is 6.70. The van der Waals surface area contributed by atoms with E-state index in [2.05, 4.69) is 42.4 Å². The van der Waals surface area contributed by atoms with Crippen molar-refractivity contribution in [1.29, 1.82) is 0 Å². The third-order valence-electron chi connectivity index (χ3n) is 6.44. The number of carbonyl (C=O) groups excluding carboxylic acids is 1. The summed E-state index contributed by atoms with van der Waals surface area (Å²) >= 11 is 1.75. The fraction of sp³-hybridized carbons (Fsp3) is 0.458. The molecule has 2 aliphatic rings. The molecule has 2 fully saturated rings. The first-order valence-electron chi connectivity index (χ1n) is 11.4. The van der Waals surface area contributed by atoms with Crippen LogP contribution in [0.4, 0.5) is 0 Å². The molecule has 0 radical (unpaired) electrons. The molecule has 3 aromatic rings. The van der Waals surface area contributed by atoms with Crippen molar-refractivity contribution >= 4 is 17.2 Å². The van der Waals surface area contributed by atoms with E-state index in [1.165, 1.54) is 4.88 Å². The highest BCUT2D eigenvalue weighted by molar-refractivity contribution is 7.10. The normalized spacial score (nSPS) is 19.8. The lowest BCUT2D eigenvalue weighted by Crippen LogP contribution is -2.49. The SMILES string of the molecule is COc1ccc(-c2noc(CN3CCN(CC(=O)N4CCCC4c4cccs4)CC3)n2)cc1. The number of rotatable bonds is 7. The summed E-state index contributed by atoms with van der Waals surface area (Å²) in [4.78, 5) is 25.5. The Bertz CT molecular complexity index is 1040. The standard InChI is InChI=1S/C24H29N5O3S/c1-31-19-8-6-18(7-9-19)24-25-22(32-26-24)16-27-11-13-28(14-12-27)17-23(30)29-10-2-4-20(29)21-5-3-15-33-21/h3,5-9,15,20H,2,4,10-14,16-17H2,1H3. The van der Waals surface area contributed by atoms with E-state index < -0.39 is 0 Å². The minimum Gasteiger partial charge on any atom is -0.497 e. The lowest BCUT2D eigenvalue weighted by atomic mass is 10.2. The molecule has 33 heavy (non-hydrogen) atoms. The topological polar surface area (TPSA) is 74.9 Å². The maximum atomic E-state index is 13.0. The van der Waals surface area contributed by atoms with Gasteiger partial charge in [-0.25, -0.2) is 0 Å². The zero-order valence-corrected chi connectivity index (χ0v) is 19.7. The number of aromatic nitrogens is 2. The predicted molar refractivity (Wildman–Crippen MR) is 126 cm³/mol. The lowest BCUT2D eigenvalue weighted by molar-refractivity contribution is -0.133. The van der Waals surface area contributed by atoms with E-state index in [4.69, 9.17) is 9.26 Å². The molecule has 174 valence electrons. The summed E-state index contributed by atoms with van der Waals surface area (Å²) in [6.45, 7) is 5.47. The molecular weight excluding hydrogens is 438 g/mol. The highest BCUT2D eigenvalue weighted by Gasteiger charge is 2.32. The van der Waals surface area contributed by atoms with E-state index in [0.717, 1.165) is 56.9 Å². The van der Waals surface area contributed by atoms with Gasteiger partial charge in [-0.05, 0) is 48.6 Å². The van der Waals surface area contributed by atoms with Crippen molar-refractivity contribution in [3.05, 3.63) is 52.5 Å². The Balaban J connectivity index is 1.10. The molecule has 8 nitrogen and oxygen atoms in total. The van der Waals surface area contributed by atoms with Gasteiger partial charge >= 0.3 is 0 Å². The van der Waals surface area contributed by atoms with Gasteiger partial charge in [0, 0.05) is 43.2 Å². The first kappa shape index (κ1) is 22.1. The molecule has 0 N–H and O–H groups in total. The van der Waals surface area contributed by atoms with Crippen molar-refractivity contribution in [3.63, 3.8) is 0 Å². The van der Waals surface area contributed by atoms with E-state index in [0.29, 0.717) is 24.8 Å². The van der Waals surface area contributed by atoms with E-state index in [1.807, 2.05) is 24.3 Å². The Morgan fingerprint density at radius 3 is 2.64 bits per heavy atom. The van der Waals surface area contributed by atoms with Gasteiger partial charge in [0.15, 0.2) is 0 Å². The number of benzene rings is 1. The molecule has 0 bridgehead atoms. The van der Waals surface area contributed by atoms with Gasteiger partial charge in [-0.15, -0.1) is 11.3 Å². The van der Waals surface area contributed by atoms with Crippen LogP contribution in [-0.4, -0.2) is 77.1 Å². The first-order chi connectivity index (χ1) is 16.2. The summed E-state index contributed by atoms with van der Waals surface area (Å²) in [7, 11) is 1.64. The molecule has 4 heterocycles. The van der Waals surface area contributed by atoms with Crippen molar-refractivity contribution in [2.45, 2.75) is 25.4 Å². The second kappa shape index (κ2) is 10.0. The van der Waals surface area contributed by atoms with Crippen molar-refractivity contribution in [1.82, 2.24) is 24.8 Å². The average Bonchev–Trinajstić information content (AvgIpc) is 3.61. The van der Waals surface area contributed by atoms with Gasteiger partial charge < -0.3 is 14.2 Å². The van der Waals surface area contributed by atoms with Gasteiger partial charge in [0.2, 0.25) is 17.6 Å². The van der Waals surface area contributed by atoms with Gasteiger partial charge in [0.05, 0.1) is 26.2 Å². The minimum absolute atomic E-state index is 0.250. The number of likely N-dealkylation sites (tertiary alicyclic amines) is 1. The van der Waals surface area contributed by atoms with Crippen molar-refractivity contribution < 1.29 is 14.1 Å². The van der Waals surface area contributed by atoms with E-state index in [1.54, 1.807) is 18.4 Å². The van der Waals surface area contributed by atoms with E-state index in [-0.39, 0.29) is 11.9 Å². The summed E-state index contributed by atoms with van der Waals surface area (Å²) in [5.74, 6) is 2.25. The number of hydrogen-bond donors (Lipinski definition) is 0. The maximum Gasteiger partial charge on any atom is 0.241 e. The van der Waals surface area contributed by atoms with E-state index >= 15 is 0 Å². The highest BCUT2D eigenvalue weighted by Crippen LogP contribution is 2.34. The van der Waals surface area contributed by atoms with E-state index in [9.17, 15) is 4.79 Å². The summed E-state index contributed by atoms with van der Waals surface area (Å²) in [5, 5.41) is 6.22. The second-order valence-corrected chi connectivity index (χ2v) is 9.53. The fourth-order valence-corrected chi connectivity index (χ4v) is 5.47. The average molecular weight is 468 g/mol. The number of nitrogens with zero attached hydrogens (tertiary/aromatic N) is 5. The predicted octanol–water partition coefficient (Wildman–Crippen LogP) is 3.29. The molecule has 2 aromatic heterocycles. The molecule has 9 heteroatoms. The number of hydrogen-bond acceptors (Lipinski definition) is 8. The van der Waals surface area contributed by atoms with Crippen molar-refractivity contribution in [3.8, 4) is 17.1 Å². The van der Waals surface area contributed by atoms with Crippen LogP contribution in [0.15, 0.2) is 46.3 Å². The largest absolute Gasteiger partial charge is 0.497 e. The Hall–Kier alpha value is -2.75. The number of amides is 1. The molecule has 1 amide bonds. The molecule has 0 saturated carbocycles. The van der Waals surface area contributed by atoms with Gasteiger partial charge in [-0.3, -0.25) is 14.6 Å². The summed E-state index contributed by atoms with van der Waals surface area (Å²) in [5.41, 5.74) is 0.900. The van der Waals surface area contributed by atoms with Crippen molar-refractivity contribution in [2.75, 3.05) is 46.4 Å². The van der Waals surface area contributed by atoms with Gasteiger partial charge in [0.1, 0.15) is 5.75 Å². The molecule has 2 aliphatic heterocycles. The summed E-state index contributed by atoms with van der Waals surface area (Å²) in [6.07, 6.45) is 2.16. The fourth-order valence-electron chi connectivity index (χ4n) is 4.60. The number of ether oxygens (including phenoxy) is 1. The number of carbonyl (C=O) groups is 1. The molecular formula is C24H29N5O3S. The van der Waals surface area contributed by atoms with Gasteiger partial charge in [0.25, 0.3) is 0 Å². The minimum atomic E-state index is 0.250. The maximum absolute atomic E-state index is 13.0. The third kappa shape index (κ3) is 5.10. The van der Waals surface area contributed by atoms with Crippen molar-refractivity contribution in [2.24, 2.45) is 0 Å². The van der Waals surface area contributed by atoms with Crippen LogP contribution in [0.2, 0.25) is 0 Å². The molecule has 5 rings (SSSR count). The molecule has 0 spiro atoms. The number of piperazine rings is 1. The second-order valence-electron chi connectivity index (χ2n) is 8.55. The monoisotopic (exact) mass is 467 g/mol. The Labute approximate surface area is 197 Å². The number of thiophene rings is 1. The van der Waals surface area contributed by atoms with Crippen LogP contribution in [-0.2, 0) is 11.3 Å².